The topological polar surface area (TPSA) is 145 Å². The molecule has 11 heteroatoms. The minimum atomic E-state index is -0.718. The third-order valence-electron chi connectivity index (χ3n) is 5.84. The number of aromatic nitrogens is 4. The number of hydrogen-bond donors (Lipinski definition) is 2. The molecule has 0 saturated carbocycles. The SMILES string of the molecule is CCCCCN(C(=O)CCC(=O)OCc1cn2ccccc2n1)c1c(N)n(CCCC)c(=O)[nH]c1=O. The quantitative estimate of drug-likeness (QED) is 0.272. The average molecular weight is 499 g/mol. The lowest BCUT2D eigenvalue weighted by molar-refractivity contribution is -0.146. The Morgan fingerprint density at radius 3 is 2.61 bits per heavy atom. The van der Waals surface area contributed by atoms with E-state index in [1.165, 1.54) is 9.47 Å². The van der Waals surface area contributed by atoms with Crippen molar-refractivity contribution in [2.75, 3.05) is 17.2 Å². The molecule has 0 spiro atoms. The smallest absolute Gasteiger partial charge is 0.330 e. The third-order valence-corrected chi connectivity index (χ3v) is 5.84. The number of aromatic amines is 1. The molecule has 0 unspecified atom stereocenters. The summed E-state index contributed by atoms with van der Waals surface area (Å²) in [6.45, 7) is 4.57. The van der Waals surface area contributed by atoms with Crippen LogP contribution < -0.4 is 21.9 Å². The van der Waals surface area contributed by atoms with E-state index >= 15 is 0 Å². The highest BCUT2D eigenvalue weighted by Gasteiger charge is 2.24. The van der Waals surface area contributed by atoms with E-state index in [0.29, 0.717) is 25.1 Å². The number of amides is 1. The second kappa shape index (κ2) is 12.7. The minimum Gasteiger partial charge on any atom is -0.459 e. The van der Waals surface area contributed by atoms with Crippen LogP contribution in [0, 0.1) is 0 Å². The number of fused-ring (bicyclic) bond motifs is 1. The van der Waals surface area contributed by atoms with Gasteiger partial charge in [-0.15, -0.1) is 0 Å². The number of hydrogen-bond acceptors (Lipinski definition) is 7. The first kappa shape index (κ1) is 26.7. The van der Waals surface area contributed by atoms with Gasteiger partial charge in [0.1, 0.15) is 18.1 Å². The lowest BCUT2D eigenvalue weighted by Gasteiger charge is -2.24. The number of esters is 1. The van der Waals surface area contributed by atoms with Gasteiger partial charge in [0.2, 0.25) is 5.91 Å². The van der Waals surface area contributed by atoms with E-state index in [2.05, 4.69) is 9.97 Å². The Bertz CT molecular complexity index is 1280. The Morgan fingerprint density at radius 2 is 1.89 bits per heavy atom. The van der Waals surface area contributed by atoms with Gasteiger partial charge in [0.25, 0.3) is 5.56 Å². The number of nitrogens with one attached hydrogen (secondary N) is 1. The number of nitrogens with two attached hydrogens (primary N) is 1. The lowest BCUT2D eigenvalue weighted by Crippen LogP contribution is -2.41. The van der Waals surface area contributed by atoms with Crippen LogP contribution in [0.1, 0.15) is 64.5 Å². The molecule has 3 aromatic rings. The molecule has 36 heavy (non-hydrogen) atoms. The van der Waals surface area contributed by atoms with E-state index in [4.69, 9.17) is 10.5 Å². The molecule has 0 radical (unpaired) electrons. The predicted octanol–water partition coefficient (Wildman–Crippen LogP) is 2.61. The largest absolute Gasteiger partial charge is 0.459 e. The van der Waals surface area contributed by atoms with Gasteiger partial charge in [0.15, 0.2) is 5.69 Å². The van der Waals surface area contributed by atoms with Crippen LogP contribution in [0.15, 0.2) is 40.2 Å². The molecule has 11 nitrogen and oxygen atoms in total. The molecule has 0 aromatic carbocycles. The Morgan fingerprint density at radius 1 is 1.11 bits per heavy atom. The molecule has 0 saturated heterocycles. The van der Waals surface area contributed by atoms with E-state index < -0.39 is 23.1 Å². The van der Waals surface area contributed by atoms with Crippen molar-refractivity contribution in [3.05, 3.63) is 57.1 Å². The molecule has 3 aromatic heterocycles. The van der Waals surface area contributed by atoms with Crippen molar-refractivity contribution in [3.63, 3.8) is 0 Å². The van der Waals surface area contributed by atoms with E-state index in [9.17, 15) is 19.2 Å². The molecule has 194 valence electrons. The van der Waals surface area contributed by atoms with Crippen molar-refractivity contribution in [1.29, 1.82) is 0 Å². The molecular weight excluding hydrogens is 464 g/mol. The van der Waals surface area contributed by atoms with Crippen LogP contribution in [-0.4, -0.2) is 37.4 Å². The average Bonchev–Trinajstić information content (AvgIpc) is 3.28. The molecule has 3 heterocycles. The summed E-state index contributed by atoms with van der Waals surface area (Å²) in [5.41, 5.74) is 6.18. The molecule has 0 aliphatic carbocycles. The van der Waals surface area contributed by atoms with Crippen LogP contribution in [0.3, 0.4) is 0 Å². The number of carbonyl (C=O) groups is 2. The van der Waals surface area contributed by atoms with Gasteiger partial charge < -0.3 is 19.8 Å². The van der Waals surface area contributed by atoms with Crippen LogP contribution >= 0.6 is 0 Å². The number of anilines is 2. The maximum Gasteiger partial charge on any atom is 0.330 e. The van der Waals surface area contributed by atoms with Crippen molar-refractivity contribution in [1.82, 2.24) is 18.9 Å². The number of rotatable bonds is 13. The Labute approximate surface area is 208 Å². The van der Waals surface area contributed by atoms with Crippen molar-refractivity contribution >= 4 is 29.0 Å². The van der Waals surface area contributed by atoms with Gasteiger partial charge in [-0.1, -0.05) is 39.2 Å². The van der Waals surface area contributed by atoms with Crippen molar-refractivity contribution in [3.8, 4) is 0 Å². The second-order valence-electron chi connectivity index (χ2n) is 8.61. The summed E-state index contributed by atoms with van der Waals surface area (Å²) in [6, 6.07) is 5.58. The normalized spacial score (nSPS) is 11.1. The second-order valence-corrected chi connectivity index (χ2v) is 8.61. The summed E-state index contributed by atoms with van der Waals surface area (Å²) < 4.78 is 8.40. The summed E-state index contributed by atoms with van der Waals surface area (Å²) in [7, 11) is 0. The number of H-pyrrole nitrogens is 1. The maximum atomic E-state index is 13.2. The molecule has 0 bridgehead atoms. The van der Waals surface area contributed by atoms with Gasteiger partial charge in [-0.25, -0.2) is 9.78 Å². The minimum absolute atomic E-state index is 0.00999. The first-order valence-electron chi connectivity index (χ1n) is 12.4. The number of ether oxygens (including phenoxy) is 1. The van der Waals surface area contributed by atoms with Crippen LogP contribution in [0.5, 0.6) is 0 Å². The summed E-state index contributed by atoms with van der Waals surface area (Å²) in [5, 5.41) is 0. The molecule has 0 fully saturated rings. The van der Waals surface area contributed by atoms with Gasteiger partial charge in [-0.3, -0.25) is 23.9 Å². The zero-order chi connectivity index (χ0) is 26.1. The van der Waals surface area contributed by atoms with Gasteiger partial charge in [0, 0.05) is 31.9 Å². The molecule has 0 atom stereocenters. The number of imidazole rings is 1. The molecule has 0 aliphatic heterocycles. The highest BCUT2D eigenvalue weighted by Crippen LogP contribution is 2.20. The summed E-state index contributed by atoms with van der Waals surface area (Å²) >= 11 is 0. The zero-order valence-electron chi connectivity index (χ0n) is 20.9. The predicted molar refractivity (Wildman–Crippen MR) is 137 cm³/mol. The monoisotopic (exact) mass is 498 g/mol. The number of unbranched alkanes of at least 4 members (excludes halogenated alkanes) is 3. The number of nitrogen functional groups attached to an aromatic ring is 1. The van der Waals surface area contributed by atoms with Gasteiger partial charge in [-0.2, -0.15) is 0 Å². The van der Waals surface area contributed by atoms with Crippen molar-refractivity contribution < 1.29 is 14.3 Å². The first-order valence-corrected chi connectivity index (χ1v) is 12.4. The summed E-state index contributed by atoms with van der Waals surface area (Å²) in [4.78, 5) is 58.4. The van der Waals surface area contributed by atoms with Gasteiger partial charge >= 0.3 is 11.7 Å². The number of nitrogens with zero attached hydrogens (tertiary/aromatic N) is 4. The van der Waals surface area contributed by atoms with E-state index in [-0.39, 0.29) is 37.5 Å². The van der Waals surface area contributed by atoms with Gasteiger partial charge in [-0.05, 0) is 25.0 Å². The number of pyridine rings is 1. The van der Waals surface area contributed by atoms with Gasteiger partial charge in [0.05, 0.1) is 12.1 Å². The van der Waals surface area contributed by atoms with E-state index in [0.717, 1.165) is 24.9 Å². The lowest BCUT2D eigenvalue weighted by atomic mass is 10.2. The molecule has 1 amide bonds. The Balaban J connectivity index is 1.70. The van der Waals surface area contributed by atoms with Crippen LogP contribution in [0.25, 0.3) is 5.65 Å². The summed E-state index contributed by atoms with van der Waals surface area (Å²) in [5.74, 6) is -1.03. The summed E-state index contributed by atoms with van der Waals surface area (Å²) in [6.07, 6.45) is 7.22. The third kappa shape index (κ3) is 6.61. The van der Waals surface area contributed by atoms with E-state index in [1.807, 2.05) is 42.6 Å². The van der Waals surface area contributed by atoms with Crippen LogP contribution in [-0.2, 0) is 27.5 Å². The fraction of sp³-hybridized carbons (Fsp3) is 0.480. The first-order chi connectivity index (χ1) is 17.3. The van der Waals surface area contributed by atoms with E-state index in [1.54, 1.807) is 6.20 Å². The molecular formula is C25H34N6O5. The molecule has 0 aliphatic rings. The zero-order valence-corrected chi connectivity index (χ0v) is 20.9. The van der Waals surface area contributed by atoms with Crippen LogP contribution in [0.4, 0.5) is 11.5 Å². The standard InChI is InChI=1S/C25H34N6O5/c1-3-5-8-15-30(22-23(26)31(14-6-4-2)25(35)28-24(22)34)20(32)11-12-21(33)36-17-18-16-29-13-9-7-10-19(29)27-18/h7,9-10,13,16H,3-6,8,11-12,14-15,17,26H2,1-2H3,(H,28,34,35). The van der Waals surface area contributed by atoms with Crippen LogP contribution in [0.2, 0.25) is 0 Å². The maximum absolute atomic E-state index is 13.2. The highest BCUT2D eigenvalue weighted by atomic mass is 16.5. The highest BCUT2D eigenvalue weighted by molar-refractivity contribution is 5.96. The molecule has 3 N–H and O–H groups in total. The fourth-order valence-electron chi connectivity index (χ4n) is 3.88. The Hall–Kier alpha value is -3.89. The Kier molecular flexibility index (Phi) is 9.43. The number of carbonyl (C=O) groups excluding carboxylic acids is 2. The molecule has 3 rings (SSSR count). The fourth-order valence-corrected chi connectivity index (χ4v) is 3.88. The van der Waals surface area contributed by atoms with Crippen molar-refractivity contribution in [2.45, 2.75) is 71.9 Å². The van der Waals surface area contributed by atoms with Crippen molar-refractivity contribution in [2.24, 2.45) is 0 Å².